The van der Waals surface area contributed by atoms with Crippen molar-refractivity contribution in [3.63, 3.8) is 0 Å². The van der Waals surface area contributed by atoms with Gasteiger partial charge in [0.15, 0.2) is 5.69 Å². The molecule has 1 atom stereocenters. The van der Waals surface area contributed by atoms with Crippen molar-refractivity contribution in [2.45, 2.75) is 25.8 Å². The summed E-state index contributed by atoms with van der Waals surface area (Å²) in [6, 6.07) is 12.7. The van der Waals surface area contributed by atoms with Crippen molar-refractivity contribution in [1.29, 1.82) is 0 Å². The van der Waals surface area contributed by atoms with Crippen LogP contribution in [-0.4, -0.2) is 35.2 Å². The lowest BCUT2D eigenvalue weighted by molar-refractivity contribution is 0.0929. The predicted molar refractivity (Wildman–Crippen MR) is 99.9 cm³/mol. The van der Waals surface area contributed by atoms with Crippen LogP contribution in [0.2, 0.25) is 0 Å². The molecule has 0 spiro atoms. The van der Waals surface area contributed by atoms with Gasteiger partial charge in [0.25, 0.3) is 5.91 Å². The standard InChI is InChI=1S/C20H21FN4O/c1-13-8-9-16(21)18(11-13)25-10-4-5-14(12-25)22-20(26)19-15-6-2-3-7-17(15)23-24-19/h2-3,6-9,11,14H,4-5,10,12H2,1H3,(H,22,26)(H,23,24). The van der Waals surface area contributed by atoms with Crippen LogP contribution >= 0.6 is 0 Å². The number of para-hydroxylation sites is 1. The van der Waals surface area contributed by atoms with E-state index in [2.05, 4.69) is 15.5 Å². The molecule has 26 heavy (non-hydrogen) atoms. The number of H-pyrrole nitrogens is 1. The quantitative estimate of drug-likeness (QED) is 0.759. The Labute approximate surface area is 151 Å². The van der Waals surface area contributed by atoms with E-state index in [1.165, 1.54) is 6.07 Å². The number of aryl methyl sites for hydroxylation is 1. The van der Waals surface area contributed by atoms with Crippen LogP contribution in [0.1, 0.15) is 28.9 Å². The number of piperidine rings is 1. The third kappa shape index (κ3) is 3.14. The number of hydrogen-bond donors (Lipinski definition) is 2. The number of fused-ring (bicyclic) bond motifs is 1. The summed E-state index contributed by atoms with van der Waals surface area (Å²) in [5, 5.41) is 10.9. The molecule has 1 aliphatic heterocycles. The summed E-state index contributed by atoms with van der Waals surface area (Å²) in [6.45, 7) is 3.33. The largest absolute Gasteiger partial charge is 0.367 e. The molecule has 6 heteroatoms. The van der Waals surface area contributed by atoms with Gasteiger partial charge in [-0.25, -0.2) is 4.39 Å². The zero-order valence-electron chi connectivity index (χ0n) is 14.6. The van der Waals surface area contributed by atoms with Gasteiger partial charge >= 0.3 is 0 Å². The van der Waals surface area contributed by atoms with Crippen LogP contribution in [-0.2, 0) is 0 Å². The number of anilines is 1. The van der Waals surface area contributed by atoms with E-state index < -0.39 is 0 Å². The van der Waals surface area contributed by atoms with Gasteiger partial charge in [0.05, 0.1) is 11.2 Å². The van der Waals surface area contributed by atoms with Crippen LogP contribution in [0.5, 0.6) is 0 Å². The van der Waals surface area contributed by atoms with Crippen LogP contribution in [0.25, 0.3) is 10.9 Å². The predicted octanol–water partition coefficient (Wildman–Crippen LogP) is 3.41. The van der Waals surface area contributed by atoms with Crippen molar-refractivity contribution < 1.29 is 9.18 Å². The maximum absolute atomic E-state index is 14.2. The molecule has 0 aliphatic carbocycles. The first-order valence-electron chi connectivity index (χ1n) is 8.87. The number of rotatable bonds is 3. The second kappa shape index (κ2) is 6.78. The summed E-state index contributed by atoms with van der Waals surface area (Å²) in [4.78, 5) is 14.7. The number of nitrogens with zero attached hydrogens (tertiary/aromatic N) is 2. The van der Waals surface area contributed by atoms with Crippen LogP contribution in [0.15, 0.2) is 42.5 Å². The molecule has 2 heterocycles. The summed E-state index contributed by atoms with van der Waals surface area (Å²) in [6.07, 6.45) is 1.78. The summed E-state index contributed by atoms with van der Waals surface area (Å²) < 4.78 is 14.2. The highest BCUT2D eigenvalue weighted by atomic mass is 19.1. The van der Waals surface area contributed by atoms with E-state index in [0.717, 1.165) is 35.9 Å². The average molecular weight is 352 g/mol. The number of aromatic nitrogens is 2. The molecule has 1 aromatic heterocycles. The van der Waals surface area contributed by atoms with E-state index in [9.17, 15) is 9.18 Å². The van der Waals surface area contributed by atoms with Crippen molar-refractivity contribution in [2.75, 3.05) is 18.0 Å². The van der Waals surface area contributed by atoms with Crippen molar-refractivity contribution in [3.8, 4) is 0 Å². The molecule has 1 fully saturated rings. The van der Waals surface area contributed by atoms with E-state index >= 15 is 0 Å². The Kier molecular flexibility index (Phi) is 4.32. The van der Waals surface area contributed by atoms with Crippen molar-refractivity contribution in [2.24, 2.45) is 0 Å². The maximum Gasteiger partial charge on any atom is 0.272 e. The highest BCUT2D eigenvalue weighted by molar-refractivity contribution is 6.04. The topological polar surface area (TPSA) is 61.0 Å². The van der Waals surface area contributed by atoms with Gasteiger partial charge < -0.3 is 10.2 Å². The number of benzene rings is 2. The highest BCUT2D eigenvalue weighted by Gasteiger charge is 2.25. The van der Waals surface area contributed by atoms with Gasteiger partial charge in [-0.1, -0.05) is 24.3 Å². The first kappa shape index (κ1) is 16.6. The van der Waals surface area contributed by atoms with Gasteiger partial charge in [-0.15, -0.1) is 0 Å². The normalized spacial score (nSPS) is 17.5. The molecule has 0 bridgehead atoms. The Balaban J connectivity index is 1.50. The minimum Gasteiger partial charge on any atom is -0.367 e. The van der Waals surface area contributed by atoms with E-state index in [1.807, 2.05) is 42.2 Å². The molecule has 1 amide bonds. The van der Waals surface area contributed by atoms with E-state index in [1.54, 1.807) is 6.07 Å². The summed E-state index contributed by atoms with van der Waals surface area (Å²) >= 11 is 0. The summed E-state index contributed by atoms with van der Waals surface area (Å²) in [5.41, 5.74) is 2.87. The molecule has 134 valence electrons. The fraction of sp³-hybridized carbons (Fsp3) is 0.300. The lowest BCUT2D eigenvalue weighted by atomic mass is 10.0. The average Bonchev–Trinajstić information content (AvgIpc) is 3.08. The minimum atomic E-state index is -0.221. The molecular weight excluding hydrogens is 331 g/mol. The second-order valence-electron chi connectivity index (χ2n) is 6.83. The maximum atomic E-state index is 14.2. The lowest BCUT2D eigenvalue weighted by Crippen LogP contribution is -2.48. The monoisotopic (exact) mass is 352 g/mol. The third-order valence-electron chi connectivity index (χ3n) is 4.88. The SMILES string of the molecule is Cc1ccc(F)c(N2CCCC(NC(=O)c3n[nH]c4ccccc34)C2)c1. The van der Waals surface area contributed by atoms with Gasteiger partial charge in [0.2, 0.25) is 0 Å². The van der Waals surface area contributed by atoms with Crippen LogP contribution in [0, 0.1) is 12.7 Å². The van der Waals surface area contributed by atoms with Crippen molar-refractivity contribution in [1.82, 2.24) is 15.5 Å². The lowest BCUT2D eigenvalue weighted by Gasteiger charge is -2.35. The van der Waals surface area contributed by atoms with Gasteiger partial charge in [-0.2, -0.15) is 5.10 Å². The van der Waals surface area contributed by atoms with Crippen molar-refractivity contribution >= 4 is 22.5 Å². The Bertz CT molecular complexity index is 952. The first-order valence-corrected chi connectivity index (χ1v) is 8.87. The molecule has 2 aromatic carbocycles. The van der Waals surface area contributed by atoms with Crippen LogP contribution in [0.3, 0.4) is 0 Å². The van der Waals surface area contributed by atoms with E-state index in [-0.39, 0.29) is 17.8 Å². The number of hydrogen-bond acceptors (Lipinski definition) is 3. The van der Waals surface area contributed by atoms with Gasteiger partial charge in [-0.05, 0) is 43.5 Å². The molecule has 2 N–H and O–H groups in total. The number of halogens is 1. The summed E-state index contributed by atoms with van der Waals surface area (Å²) in [7, 11) is 0. The number of carbonyl (C=O) groups excluding carboxylic acids is 1. The smallest absolute Gasteiger partial charge is 0.272 e. The Hall–Kier alpha value is -2.89. The first-order chi connectivity index (χ1) is 12.6. The molecular formula is C20H21FN4O. The molecule has 4 rings (SSSR count). The Morgan fingerprint density at radius 1 is 1.31 bits per heavy atom. The van der Waals surface area contributed by atoms with Gasteiger partial charge in [-0.3, -0.25) is 9.89 Å². The number of nitrogens with one attached hydrogen (secondary N) is 2. The number of aromatic amines is 1. The van der Waals surface area contributed by atoms with Crippen LogP contribution in [0.4, 0.5) is 10.1 Å². The zero-order chi connectivity index (χ0) is 18.1. The van der Waals surface area contributed by atoms with Crippen LogP contribution < -0.4 is 10.2 Å². The second-order valence-corrected chi connectivity index (χ2v) is 6.83. The highest BCUT2D eigenvalue weighted by Crippen LogP contribution is 2.25. The Morgan fingerprint density at radius 3 is 3.04 bits per heavy atom. The molecule has 3 aromatic rings. The van der Waals surface area contributed by atoms with Gasteiger partial charge in [0, 0.05) is 24.5 Å². The molecule has 1 unspecified atom stereocenters. The molecule has 5 nitrogen and oxygen atoms in total. The minimum absolute atomic E-state index is 0.0355. The number of carbonyl (C=O) groups is 1. The molecule has 0 radical (unpaired) electrons. The van der Waals surface area contributed by atoms with Gasteiger partial charge in [0.1, 0.15) is 5.82 Å². The number of amides is 1. The van der Waals surface area contributed by atoms with Crippen molar-refractivity contribution in [3.05, 3.63) is 59.5 Å². The fourth-order valence-electron chi connectivity index (χ4n) is 3.57. The van der Waals surface area contributed by atoms with E-state index in [4.69, 9.17) is 0 Å². The summed E-state index contributed by atoms with van der Waals surface area (Å²) in [5.74, 6) is -0.417. The molecule has 0 saturated carbocycles. The Morgan fingerprint density at radius 2 is 2.15 bits per heavy atom. The van der Waals surface area contributed by atoms with E-state index in [0.29, 0.717) is 17.9 Å². The third-order valence-corrected chi connectivity index (χ3v) is 4.88. The molecule has 1 saturated heterocycles. The molecule has 1 aliphatic rings. The zero-order valence-corrected chi connectivity index (χ0v) is 14.6. The fourth-order valence-corrected chi connectivity index (χ4v) is 3.57.